The third-order valence-corrected chi connectivity index (χ3v) is 7.50. The first-order chi connectivity index (χ1) is 15.9. The summed E-state index contributed by atoms with van der Waals surface area (Å²) >= 11 is 6.30. The van der Waals surface area contributed by atoms with Crippen LogP contribution in [0.15, 0.2) is 42.5 Å². The van der Waals surface area contributed by atoms with E-state index in [2.05, 4.69) is 0 Å². The topological polar surface area (TPSA) is 61.8 Å². The molecule has 2 aliphatic rings. The number of hydrogen-bond donors (Lipinski definition) is 0. The van der Waals surface area contributed by atoms with Crippen LogP contribution in [0.25, 0.3) is 0 Å². The first-order valence-corrected chi connectivity index (χ1v) is 12.0. The fourth-order valence-electron chi connectivity index (χ4n) is 5.30. The number of carbonyl (C=O) groups is 2. The summed E-state index contributed by atoms with van der Waals surface area (Å²) in [5.41, 5.74) is 1.24. The molecule has 5 nitrogen and oxygen atoms in total. The van der Waals surface area contributed by atoms with Gasteiger partial charge in [-0.15, -0.1) is 0 Å². The highest BCUT2D eigenvalue weighted by atomic mass is 35.5. The van der Waals surface area contributed by atoms with Crippen LogP contribution < -0.4 is 9.47 Å². The van der Waals surface area contributed by atoms with Crippen LogP contribution >= 0.6 is 11.6 Å². The molecule has 2 fully saturated rings. The van der Waals surface area contributed by atoms with Crippen LogP contribution in [0.1, 0.15) is 49.7 Å². The van der Waals surface area contributed by atoms with Gasteiger partial charge in [0.05, 0.1) is 19.2 Å². The van der Waals surface area contributed by atoms with E-state index >= 15 is 0 Å². The van der Waals surface area contributed by atoms with Crippen LogP contribution in [0.5, 0.6) is 11.5 Å². The van der Waals surface area contributed by atoms with Gasteiger partial charge in [-0.2, -0.15) is 0 Å². The van der Waals surface area contributed by atoms with Crippen molar-refractivity contribution in [3.05, 3.63) is 58.6 Å². The molecule has 176 valence electrons. The van der Waals surface area contributed by atoms with E-state index in [0.717, 1.165) is 42.6 Å². The van der Waals surface area contributed by atoms with Gasteiger partial charge in [-0.25, -0.2) is 0 Å². The smallest absolute Gasteiger partial charge is 0.317 e. The maximum atomic E-state index is 13.3. The predicted octanol–water partition coefficient (Wildman–Crippen LogP) is 5.59. The van der Waals surface area contributed by atoms with Crippen LogP contribution in [-0.2, 0) is 27.2 Å². The maximum absolute atomic E-state index is 13.3. The van der Waals surface area contributed by atoms with E-state index in [1.165, 1.54) is 0 Å². The average molecular weight is 471 g/mol. The first-order valence-electron chi connectivity index (χ1n) is 11.6. The van der Waals surface area contributed by atoms with Gasteiger partial charge in [0.15, 0.2) is 5.78 Å². The Morgan fingerprint density at radius 3 is 2.30 bits per heavy atom. The van der Waals surface area contributed by atoms with E-state index in [1.807, 2.05) is 42.5 Å². The van der Waals surface area contributed by atoms with Crippen LogP contribution in [0.4, 0.5) is 0 Å². The minimum atomic E-state index is -0.747. The number of halogens is 1. The van der Waals surface area contributed by atoms with Crippen molar-refractivity contribution in [3.8, 4) is 11.5 Å². The van der Waals surface area contributed by atoms with Crippen molar-refractivity contribution < 1.29 is 23.8 Å². The zero-order valence-electron chi connectivity index (χ0n) is 19.3. The quantitative estimate of drug-likeness (QED) is 0.371. The van der Waals surface area contributed by atoms with Crippen molar-refractivity contribution in [2.75, 3.05) is 14.2 Å². The fourth-order valence-corrected chi connectivity index (χ4v) is 5.58. The van der Waals surface area contributed by atoms with Gasteiger partial charge in [0, 0.05) is 6.42 Å². The van der Waals surface area contributed by atoms with E-state index in [0.29, 0.717) is 30.0 Å². The molecule has 2 aromatic carbocycles. The van der Waals surface area contributed by atoms with Crippen molar-refractivity contribution >= 4 is 23.4 Å². The first kappa shape index (κ1) is 23.6. The molecule has 0 radical (unpaired) electrons. The summed E-state index contributed by atoms with van der Waals surface area (Å²) < 4.78 is 16.7. The number of ketones is 1. The van der Waals surface area contributed by atoms with Crippen molar-refractivity contribution in [2.24, 2.45) is 11.8 Å². The molecular weight excluding hydrogens is 440 g/mol. The Bertz CT molecular complexity index is 976. The zero-order chi connectivity index (χ0) is 23.4. The number of carbonyl (C=O) groups excluding carboxylic acids is 2. The number of Topliss-reactive ketones (excluding diaryl/α,β-unsaturated/α-hetero) is 1. The summed E-state index contributed by atoms with van der Waals surface area (Å²) in [4.78, 5) is 26.4. The second kappa shape index (κ2) is 10.2. The number of aryl methyl sites for hydroxylation is 1. The monoisotopic (exact) mass is 470 g/mol. The molecular formula is C27H31ClO5. The minimum Gasteiger partial charge on any atom is -0.497 e. The summed E-state index contributed by atoms with van der Waals surface area (Å²) in [6.07, 6.45) is 6.16. The van der Waals surface area contributed by atoms with Gasteiger partial charge in [0.2, 0.25) is 0 Å². The summed E-state index contributed by atoms with van der Waals surface area (Å²) in [6, 6.07) is 13.2. The normalized spacial score (nSPS) is 23.4. The summed E-state index contributed by atoms with van der Waals surface area (Å²) in [6.45, 7) is 0. The molecule has 2 unspecified atom stereocenters. The molecule has 1 heterocycles. The molecule has 1 saturated heterocycles. The Kier molecular flexibility index (Phi) is 7.28. The highest BCUT2D eigenvalue weighted by molar-refractivity contribution is 6.32. The second-order valence-electron chi connectivity index (χ2n) is 9.18. The molecule has 33 heavy (non-hydrogen) atoms. The lowest BCUT2D eigenvalue weighted by atomic mass is 9.73. The average Bonchev–Trinajstić information content (AvgIpc) is 3.36. The third-order valence-electron chi connectivity index (χ3n) is 7.20. The molecule has 0 bridgehead atoms. The van der Waals surface area contributed by atoms with Gasteiger partial charge in [-0.05, 0) is 73.4 Å². The third kappa shape index (κ3) is 5.19. The highest BCUT2D eigenvalue weighted by Crippen LogP contribution is 2.45. The molecule has 4 rings (SSSR count). The van der Waals surface area contributed by atoms with Crippen LogP contribution in [0, 0.1) is 11.8 Å². The predicted molar refractivity (Wildman–Crippen MR) is 127 cm³/mol. The Morgan fingerprint density at radius 2 is 1.70 bits per heavy atom. The van der Waals surface area contributed by atoms with Gasteiger partial charge in [0.25, 0.3) is 0 Å². The lowest BCUT2D eigenvalue weighted by Crippen LogP contribution is -2.52. The largest absolute Gasteiger partial charge is 0.497 e. The molecule has 0 N–H and O–H groups in total. The Labute approximate surface area is 200 Å². The molecule has 1 saturated carbocycles. The summed E-state index contributed by atoms with van der Waals surface area (Å²) in [5, 5.41) is 0.557. The van der Waals surface area contributed by atoms with E-state index in [1.54, 1.807) is 14.2 Å². The van der Waals surface area contributed by atoms with Crippen LogP contribution in [0.3, 0.4) is 0 Å². The maximum Gasteiger partial charge on any atom is 0.317 e. The Balaban J connectivity index is 1.50. The van der Waals surface area contributed by atoms with E-state index in [-0.39, 0.29) is 24.1 Å². The van der Waals surface area contributed by atoms with Gasteiger partial charge in [-0.1, -0.05) is 42.6 Å². The van der Waals surface area contributed by atoms with Gasteiger partial charge in [-0.3, -0.25) is 9.59 Å². The van der Waals surface area contributed by atoms with Gasteiger partial charge < -0.3 is 14.2 Å². The summed E-state index contributed by atoms with van der Waals surface area (Å²) in [7, 11) is 3.20. The highest BCUT2D eigenvalue weighted by Gasteiger charge is 2.51. The number of ether oxygens (including phenoxy) is 3. The van der Waals surface area contributed by atoms with Crippen molar-refractivity contribution in [1.29, 1.82) is 0 Å². The molecule has 0 amide bonds. The van der Waals surface area contributed by atoms with Crippen LogP contribution in [-0.4, -0.2) is 31.6 Å². The van der Waals surface area contributed by atoms with Gasteiger partial charge in [0.1, 0.15) is 23.0 Å². The molecule has 0 spiro atoms. The van der Waals surface area contributed by atoms with Crippen molar-refractivity contribution in [3.63, 3.8) is 0 Å². The number of esters is 1. The Hall–Kier alpha value is -2.53. The minimum absolute atomic E-state index is 0.0123. The van der Waals surface area contributed by atoms with E-state index < -0.39 is 11.5 Å². The lowest BCUT2D eigenvalue weighted by molar-refractivity contribution is -0.185. The van der Waals surface area contributed by atoms with Crippen molar-refractivity contribution in [2.45, 2.75) is 57.0 Å². The molecule has 2 atom stereocenters. The molecule has 6 heteroatoms. The summed E-state index contributed by atoms with van der Waals surface area (Å²) in [5.74, 6) is 0.453. The number of hydrogen-bond acceptors (Lipinski definition) is 5. The van der Waals surface area contributed by atoms with Gasteiger partial charge >= 0.3 is 5.97 Å². The van der Waals surface area contributed by atoms with Crippen LogP contribution in [0.2, 0.25) is 5.02 Å². The molecule has 0 aromatic heterocycles. The fraction of sp³-hybridized carbons (Fsp3) is 0.481. The number of rotatable bonds is 8. The number of benzene rings is 2. The standard InChI is InChI=1S/C27H31ClO5/c1-31-21-10-7-18(8-11-21)15-22-24(29)17-27(33-26(22)30,20-5-3-4-6-20)14-13-19-9-12-25(32-2)23(28)16-19/h7-12,16,20,22H,3-6,13-15,17H2,1-2H3. The Morgan fingerprint density at radius 1 is 1.00 bits per heavy atom. The molecule has 1 aliphatic carbocycles. The van der Waals surface area contributed by atoms with Crippen molar-refractivity contribution in [1.82, 2.24) is 0 Å². The second-order valence-corrected chi connectivity index (χ2v) is 9.59. The lowest BCUT2D eigenvalue weighted by Gasteiger charge is -2.43. The SMILES string of the molecule is COc1ccc(CC2C(=O)CC(CCc3ccc(OC)c(Cl)c3)(C3CCCC3)OC2=O)cc1. The number of cyclic esters (lactones) is 1. The van der Waals surface area contributed by atoms with E-state index in [9.17, 15) is 9.59 Å². The zero-order valence-corrected chi connectivity index (χ0v) is 20.0. The molecule has 2 aromatic rings. The number of methoxy groups -OCH3 is 2. The van der Waals surface area contributed by atoms with E-state index in [4.69, 9.17) is 25.8 Å². The molecule has 1 aliphatic heterocycles.